The maximum absolute atomic E-state index is 13.2. The van der Waals surface area contributed by atoms with Crippen LogP contribution in [-0.2, 0) is 9.59 Å². The predicted molar refractivity (Wildman–Crippen MR) is 120 cm³/mol. The van der Waals surface area contributed by atoms with E-state index in [1.807, 2.05) is 56.3 Å². The first-order valence-electron chi connectivity index (χ1n) is 10.00. The molecule has 3 aromatic carbocycles. The number of hydrogen-bond donors (Lipinski definition) is 1. The average molecular weight is 413 g/mol. The number of anilines is 1. The minimum Gasteiger partial charge on any atom is -0.507 e. The van der Waals surface area contributed by atoms with Crippen LogP contribution in [0.4, 0.5) is 5.69 Å². The number of nitrogens with zero attached hydrogens (tertiary/aromatic N) is 1. The van der Waals surface area contributed by atoms with E-state index in [-0.39, 0.29) is 11.3 Å². The van der Waals surface area contributed by atoms with Crippen LogP contribution >= 0.6 is 0 Å². The highest BCUT2D eigenvalue weighted by Crippen LogP contribution is 2.44. The highest BCUT2D eigenvalue weighted by Gasteiger charge is 2.47. The smallest absolute Gasteiger partial charge is 0.300 e. The number of aliphatic hydroxyl groups is 1. The lowest BCUT2D eigenvalue weighted by molar-refractivity contribution is -0.132. The van der Waals surface area contributed by atoms with Gasteiger partial charge < -0.3 is 9.84 Å². The van der Waals surface area contributed by atoms with E-state index >= 15 is 0 Å². The molecule has 1 saturated heterocycles. The molecule has 0 spiro atoms. The van der Waals surface area contributed by atoms with Gasteiger partial charge in [-0.15, -0.1) is 0 Å². The molecule has 1 amide bonds. The third kappa shape index (κ3) is 3.59. The van der Waals surface area contributed by atoms with E-state index in [1.165, 1.54) is 12.0 Å². The van der Waals surface area contributed by atoms with Crippen LogP contribution < -0.4 is 9.64 Å². The molecule has 1 unspecified atom stereocenters. The lowest BCUT2D eigenvalue weighted by atomic mass is 9.94. The summed E-state index contributed by atoms with van der Waals surface area (Å²) in [7, 11) is 1.54. The predicted octanol–water partition coefficient (Wildman–Crippen LogP) is 4.94. The Balaban J connectivity index is 1.99. The maximum atomic E-state index is 13.2. The molecule has 1 fully saturated rings. The van der Waals surface area contributed by atoms with Crippen molar-refractivity contribution in [2.75, 3.05) is 12.0 Å². The van der Waals surface area contributed by atoms with Crippen LogP contribution in [0.5, 0.6) is 5.75 Å². The van der Waals surface area contributed by atoms with Crippen molar-refractivity contribution >= 4 is 23.1 Å². The Kier molecular flexibility index (Phi) is 5.34. The second-order valence-electron chi connectivity index (χ2n) is 7.62. The van der Waals surface area contributed by atoms with Gasteiger partial charge in [0.25, 0.3) is 11.7 Å². The van der Waals surface area contributed by atoms with Crippen LogP contribution in [0.3, 0.4) is 0 Å². The van der Waals surface area contributed by atoms with Crippen molar-refractivity contribution < 1.29 is 19.4 Å². The van der Waals surface area contributed by atoms with E-state index in [0.717, 1.165) is 11.1 Å². The zero-order valence-corrected chi connectivity index (χ0v) is 17.6. The Morgan fingerprint density at radius 3 is 2.29 bits per heavy atom. The molecule has 156 valence electrons. The zero-order chi connectivity index (χ0) is 22.1. The van der Waals surface area contributed by atoms with Crippen LogP contribution in [0.2, 0.25) is 0 Å². The van der Waals surface area contributed by atoms with E-state index in [1.54, 1.807) is 30.3 Å². The molecule has 1 aliphatic rings. The number of ketones is 1. The fraction of sp³-hybridized carbons (Fsp3) is 0.154. The molecule has 3 aromatic rings. The summed E-state index contributed by atoms with van der Waals surface area (Å²) in [5.41, 5.74) is 3.71. The SMILES string of the molecule is COc1ccccc1C1/C(=C(\O)c2ccc(C)cc2)C(=O)C(=O)N1c1cccc(C)c1. The molecule has 1 aliphatic heterocycles. The number of ether oxygens (including phenoxy) is 1. The molecule has 1 atom stereocenters. The van der Waals surface area contributed by atoms with Crippen molar-refractivity contribution in [1.82, 2.24) is 0 Å². The Labute approximate surface area is 181 Å². The number of benzene rings is 3. The largest absolute Gasteiger partial charge is 0.507 e. The minimum atomic E-state index is -0.820. The minimum absolute atomic E-state index is 0.0415. The van der Waals surface area contributed by atoms with Crippen molar-refractivity contribution in [3.05, 3.63) is 101 Å². The molecule has 0 bridgehead atoms. The molecule has 1 N–H and O–H groups in total. The molecule has 31 heavy (non-hydrogen) atoms. The summed E-state index contributed by atoms with van der Waals surface area (Å²) in [6.45, 7) is 3.86. The number of Topliss-reactive ketones (excluding diaryl/α,β-unsaturated/α-hetero) is 1. The molecule has 0 radical (unpaired) electrons. The summed E-state index contributed by atoms with van der Waals surface area (Å²) < 4.78 is 5.53. The molecule has 5 nitrogen and oxygen atoms in total. The highest BCUT2D eigenvalue weighted by molar-refractivity contribution is 6.51. The Morgan fingerprint density at radius 2 is 1.61 bits per heavy atom. The van der Waals surface area contributed by atoms with Gasteiger partial charge in [-0.1, -0.05) is 60.2 Å². The molecule has 1 heterocycles. The van der Waals surface area contributed by atoms with Gasteiger partial charge in [0.05, 0.1) is 18.7 Å². The number of hydrogen-bond acceptors (Lipinski definition) is 4. The van der Waals surface area contributed by atoms with Crippen molar-refractivity contribution in [2.45, 2.75) is 19.9 Å². The summed E-state index contributed by atoms with van der Waals surface area (Å²) in [4.78, 5) is 27.8. The Bertz CT molecular complexity index is 1190. The van der Waals surface area contributed by atoms with Gasteiger partial charge in [-0.25, -0.2) is 0 Å². The molecule has 5 heteroatoms. The standard InChI is InChI=1S/C26H23NO4/c1-16-11-13-18(14-12-16)24(28)22-23(20-9-4-5-10-21(20)31-3)27(26(30)25(22)29)19-8-6-7-17(2)15-19/h4-15,23,28H,1-3H3/b24-22+. The normalized spacial score (nSPS) is 17.8. The fourth-order valence-electron chi connectivity index (χ4n) is 3.93. The highest BCUT2D eigenvalue weighted by atomic mass is 16.5. The summed E-state index contributed by atoms with van der Waals surface area (Å²) in [5.74, 6) is -1.09. The van der Waals surface area contributed by atoms with Gasteiger partial charge in [-0.3, -0.25) is 14.5 Å². The monoisotopic (exact) mass is 413 g/mol. The summed E-state index contributed by atoms with van der Waals surface area (Å²) in [5, 5.41) is 11.2. The number of para-hydroxylation sites is 1. The fourth-order valence-corrected chi connectivity index (χ4v) is 3.93. The van der Waals surface area contributed by atoms with Gasteiger partial charge in [0.15, 0.2) is 0 Å². The second-order valence-corrected chi connectivity index (χ2v) is 7.62. The lowest BCUT2D eigenvalue weighted by Gasteiger charge is -2.27. The van der Waals surface area contributed by atoms with Gasteiger partial charge in [-0.05, 0) is 37.6 Å². The van der Waals surface area contributed by atoms with E-state index in [4.69, 9.17) is 4.74 Å². The topological polar surface area (TPSA) is 66.8 Å². The van der Waals surface area contributed by atoms with Gasteiger partial charge in [0.1, 0.15) is 11.5 Å². The zero-order valence-electron chi connectivity index (χ0n) is 17.6. The Morgan fingerprint density at radius 1 is 0.903 bits per heavy atom. The van der Waals surface area contributed by atoms with Crippen LogP contribution in [0.1, 0.15) is 28.3 Å². The number of carbonyl (C=O) groups excluding carboxylic acids is 2. The Hall–Kier alpha value is -3.86. The number of carbonyl (C=O) groups is 2. The third-order valence-corrected chi connectivity index (χ3v) is 5.48. The first-order valence-corrected chi connectivity index (χ1v) is 10.00. The van der Waals surface area contributed by atoms with Gasteiger partial charge in [0, 0.05) is 16.8 Å². The number of rotatable bonds is 4. The molecular weight excluding hydrogens is 390 g/mol. The van der Waals surface area contributed by atoms with Gasteiger partial charge >= 0.3 is 0 Å². The number of aliphatic hydroxyl groups excluding tert-OH is 1. The van der Waals surface area contributed by atoms with Crippen LogP contribution in [-0.4, -0.2) is 23.9 Å². The van der Waals surface area contributed by atoms with Crippen LogP contribution in [0.25, 0.3) is 5.76 Å². The average Bonchev–Trinajstić information content (AvgIpc) is 3.04. The van der Waals surface area contributed by atoms with Crippen molar-refractivity contribution in [2.24, 2.45) is 0 Å². The van der Waals surface area contributed by atoms with Crippen LogP contribution in [0.15, 0.2) is 78.4 Å². The van der Waals surface area contributed by atoms with E-state index in [2.05, 4.69) is 0 Å². The third-order valence-electron chi connectivity index (χ3n) is 5.48. The van der Waals surface area contributed by atoms with Crippen molar-refractivity contribution in [1.29, 1.82) is 0 Å². The summed E-state index contributed by atoms with van der Waals surface area (Å²) in [6.07, 6.45) is 0. The number of aryl methyl sites for hydroxylation is 2. The molecule has 0 aromatic heterocycles. The molecule has 4 rings (SSSR count). The maximum Gasteiger partial charge on any atom is 0.300 e. The van der Waals surface area contributed by atoms with Crippen molar-refractivity contribution in [3.63, 3.8) is 0 Å². The quantitative estimate of drug-likeness (QED) is 0.374. The first kappa shape index (κ1) is 20.4. The van der Waals surface area contributed by atoms with E-state index in [0.29, 0.717) is 22.6 Å². The lowest BCUT2D eigenvalue weighted by Crippen LogP contribution is -2.29. The van der Waals surface area contributed by atoms with Gasteiger partial charge in [-0.2, -0.15) is 0 Å². The summed E-state index contributed by atoms with van der Waals surface area (Å²) >= 11 is 0. The first-order chi connectivity index (χ1) is 14.9. The van der Waals surface area contributed by atoms with Crippen LogP contribution in [0, 0.1) is 13.8 Å². The molecule has 0 saturated carbocycles. The molecule has 0 aliphatic carbocycles. The van der Waals surface area contributed by atoms with Crippen molar-refractivity contribution in [3.8, 4) is 5.75 Å². The van der Waals surface area contributed by atoms with E-state index < -0.39 is 17.7 Å². The van der Waals surface area contributed by atoms with E-state index in [9.17, 15) is 14.7 Å². The number of methoxy groups -OCH3 is 1. The second kappa shape index (κ2) is 8.11. The molecular formula is C26H23NO4. The van der Waals surface area contributed by atoms with Gasteiger partial charge in [0.2, 0.25) is 0 Å². The summed E-state index contributed by atoms with van der Waals surface area (Å²) in [6, 6.07) is 21.0. The number of amides is 1.